The topological polar surface area (TPSA) is 103 Å². The van der Waals surface area contributed by atoms with Crippen LogP contribution >= 0.6 is 0 Å². The molecule has 4 rings (SSSR count). The summed E-state index contributed by atoms with van der Waals surface area (Å²) in [6, 6.07) is 3.88. The molecule has 1 aromatic heterocycles. The number of anilines is 1. The molecule has 2 aliphatic rings. The van der Waals surface area contributed by atoms with Gasteiger partial charge in [-0.2, -0.15) is 0 Å². The molecule has 1 aromatic carbocycles. The lowest BCUT2D eigenvalue weighted by molar-refractivity contribution is 0.0341. The van der Waals surface area contributed by atoms with E-state index < -0.39 is 16.8 Å². The Balaban J connectivity index is 1.79. The SMILES string of the molecule is Cc1c(N2CCC(CO)(CO)CC2)ccc2c(=O)c(C(=O)O)cn(C3CC3)c12. The number of piperidine rings is 1. The van der Waals surface area contributed by atoms with Gasteiger partial charge in [0.15, 0.2) is 0 Å². The van der Waals surface area contributed by atoms with Crippen LogP contribution in [0.3, 0.4) is 0 Å². The molecule has 2 aromatic rings. The lowest BCUT2D eigenvalue weighted by Crippen LogP contribution is -2.44. The zero-order chi connectivity index (χ0) is 20.1. The Hall–Kier alpha value is -2.38. The summed E-state index contributed by atoms with van der Waals surface area (Å²) in [5, 5.41) is 29.1. The van der Waals surface area contributed by atoms with Crippen molar-refractivity contribution in [3.8, 4) is 0 Å². The molecule has 0 atom stereocenters. The predicted octanol–water partition coefficient (Wildman–Crippen LogP) is 1.91. The van der Waals surface area contributed by atoms with E-state index in [0.29, 0.717) is 31.3 Å². The van der Waals surface area contributed by atoms with Crippen molar-refractivity contribution in [3.05, 3.63) is 39.7 Å². The molecular weight excluding hydrogens is 360 g/mol. The van der Waals surface area contributed by atoms with Crippen LogP contribution in [0.15, 0.2) is 23.1 Å². The molecule has 150 valence electrons. The first-order valence-electron chi connectivity index (χ1n) is 9.79. The lowest BCUT2D eigenvalue weighted by atomic mass is 9.79. The summed E-state index contributed by atoms with van der Waals surface area (Å²) >= 11 is 0. The average molecular weight is 386 g/mol. The Morgan fingerprint density at radius 3 is 2.36 bits per heavy atom. The number of rotatable bonds is 5. The first-order valence-corrected chi connectivity index (χ1v) is 9.79. The number of nitrogens with zero attached hydrogens (tertiary/aromatic N) is 2. The fraction of sp³-hybridized carbons (Fsp3) is 0.524. The third kappa shape index (κ3) is 2.99. The average Bonchev–Trinajstić information content (AvgIpc) is 3.54. The largest absolute Gasteiger partial charge is 0.477 e. The first-order chi connectivity index (χ1) is 13.4. The van der Waals surface area contributed by atoms with Gasteiger partial charge < -0.3 is 24.8 Å². The Morgan fingerprint density at radius 1 is 1.18 bits per heavy atom. The number of carbonyl (C=O) groups is 1. The maximum atomic E-state index is 12.7. The van der Waals surface area contributed by atoms with Crippen molar-refractivity contribution >= 4 is 22.6 Å². The Kier molecular flexibility index (Phi) is 4.67. The predicted molar refractivity (Wildman–Crippen MR) is 106 cm³/mol. The summed E-state index contributed by atoms with van der Waals surface area (Å²) in [6.45, 7) is 3.37. The fourth-order valence-corrected chi connectivity index (χ4v) is 4.34. The van der Waals surface area contributed by atoms with E-state index in [1.54, 1.807) is 6.07 Å². The van der Waals surface area contributed by atoms with Gasteiger partial charge in [0.1, 0.15) is 5.56 Å². The van der Waals surface area contributed by atoms with Crippen molar-refractivity contribution in [1.82, 2.24) is 4.57 Å². The van der Waals surface area contributed by atoms with E-state index in [2.05, 4.69) is 4.90 Å². The smallest absolute Gasteiger partial charge is 0.341 e. The molecule has 0 bridgehead atoms. The number of aryl methyl sites for hydroxylation is 1. The molecule has 7 nitrogen and oxygen atoms in total. The highest BCUT2D eigenvalue weighted by Gasteiger charge is 2.34. The highest BCUT2D eigenvalue weighted by atomic mass is 16.4. The number of aliphatic hydroxyl groups excluding tert-OH is 2. The van der Waals surface area contributed by atoms with Crippen molar-refractivity contribution in [2.24, 2.45) is 5.41 Å². The Morgan fingerprint density at radius 2 is 1.82 bits per heavy atom. The number of benzene rings is 1. The summed E-state index contributed by atoms with van der Waals surface area (Å²) in [6.07, 6.45) is 4.87. The van der Waals surface area contributed by atoms with Gasteiger partial charge in [-0.15, -0.1) is 0 Å². The van der Waals surface area contributed by atoms with Crippen molar-refractivity contribution in [2.75, 3.05) is 31.2 Å². The molecule has 28 heavy (non-hydrogen) atoms. The van der Waals surface area contributed by atoms with Gasteiger partial charge in [0, 0.05) is 41.8 Å². The van der Waals surface area contributed by atoms with Crippen LogP contribution in [0.1, 0.15) is 47.6 Å². The van der Waals surface area contributed by atoms with E-state index >= 15 is 0 Å². The standard InChI is InChI=1S/C21H26N2O5/c1-13-17(22-8-6-21(11-24,12-25)7-9-22)5-4-15-18(13)23(14-2-3-14)10-16(19(15)26)20(27)28/h4-5,10,14,24-25H,2-3,6-9,11-12H2,1H3,(H,27,28). The van der Waals surface area contributed by atoms with Crippen LogP contribution in [-0.4, -0.2) is 52.2 Å². The Bertz CT molecular complexity index is 978. The van der Waals surface area contributed by atoms with Crippen LogP contribution in [0.25, 0.3) is 10.9 Å². The maximum Gasteiger partial charge on any atom is 0.341 e. The van der Waals surface area contributed by atoms with Gasteiger partial charge in [0.05, 0.1) is 18.7 Å². The zero-order valence-corrected chi connectivity index (χ0v) is 16.0. The molecule has 3 N–H and O–H groups in total. The minimum absolute atomic E-state index is 0.0206. The molecule has 0 spiro atoms. The number of carboxylic acids is 1. The molecule has 2 fully saturated rings. The second-order valence-corrected chi connectivity index (χ2v) is 8.22. The molecule has 0 radical (unpaired) electrons. The van der Waals surface area contributed by atoms with Crippen LogP contribution in [0.5, 0.6) is 0 Å². The van der Waals surface area contributed by atoms with Crippen molar-refractivity contribution < 1.29 is 20.1 Å². The van der Waals surface area contributed by atoms with Gasteiger partial charge in [0.25, 0.3) is 0 Å². The van der Waals surface area contributed by atoms with Crippen LogP contribution < -0.4 is 10.3 Å². The van der Waals surface area contributed by atoms with E-state index in [9.17, 15) is 24.9 Å². The number of fused-ring (bicyclic) bond motifs is 1. The summed E-state index contributed by atoms with van der Waals surface area (Å²) in [5.41, 5.74) is 1.77. The number of hydrogen-bond donors (Lipinski definition) is 3. The van der Waals surface area contributed by atoms with Crippen molar-refractivity contribution in [1.29, 1.82) is 0 Å². The van der Waals surface area contributed by atoms with Crippen LogP contribution in [0.2, 0.25) is 0 Å². The minimum atomic E-state index is -1.19. The highest BCUT2D eigenvalue weighted by molar-refractivity contribution is 5.95. The molecule has 0 amide bonds. The van der Waals surface area contributed by atoms with Crippen molar-refractivity contribution in [3.63, 3.8) is 0 Å². The molecule has 7 heteroatoms. The summed E-state index contributed by atoms with van der Waals surface area (Å²) < 4.78 is 1.97. The van der Waals surface area contributed by atoms with Gasteiger partial charge >= 0.3 is 5.97 Å². The fourth-order valence-electron chi connectivity index (χ4n) is 4.34. The number of aromatic carboxylic acids is 1. The van der Waals surface area contributed by atoms with E-state index in [4.69, 9.17) is 0 Å². The number of pyridine rings is 1. The highest BCUT2D eigenvalue weighted by Crippen LogP contribution is 2.40. The summed E-state index contributed by atoms with van der Waals surface area (Å²) in [5.74, 6) is -1.19. The molecular formula is C21H26N2O5. The van der Waals surface area contributed by atoms with Crippen LogP contribution in [0, 0.1) is 12.3 Å². The first kappa shape index (κ1) is 19.0. The molecule has 1 saturated carbocycles. The maximum absolute atomic E-state index is 12.7. The number of aromatic nitrogens is 1. The summed E-state index contributed by atoms with van der Waals surface area (Å²) in [4.78, 5) is 26.4. The zero-order valence-electron chi connectivity index (χ0n) is 16.0. The van der Waals surface area contributed by atoms with E-state index in [1.807, 2.05) is 17.6 Å². The van der Waals surface area contributed by atoms with Gasteiger partial charge in [-0.05, 0) is 50.3 Å². The third-order valence-corrected chi connectivity index (χ3v) is 6.42. The van der Waals surface area contributed by atoms with Gasteiger partial charge in [-0.1, -0.05) is 0 Å². The normalized spacial score (nSPS) is 19.2. The number of aliphatic hydroxyl groups is 2. The number of hydrogen-bond acceptors (Lipinski definition) is 5. The molecule has 1 aliphatic heterocycles. The third-order valence-electron chi connectivity index (χ3n) is 6.42. The van der Waals surface area contributed by atoms with Crippen LogP contribution in [-0.2, 0) is 0 Å². The molecule has 0 unspecified atom stereocenters. The quantitative estimate of drug-likeness (QED) is 0.725. The molecule has 1 aliphatic carbocycles. The monoisotopic (exact) mass is 386 g/mol. The van der Waals surface area contributed by atoms with E-state index in [1.165, 1.54) is 6.20 Å². The van der Waals surface area contributed by atoms with Crippen LogP contribution in [0.4, 0.5) is 5.69 Å². The van der Waals surface area contributed by atoms with E-state index in [-0.39, 0.29) is 24.8 Å². The molecule has 1 saturated heterocycles. The minimum Gasteiger partial charge on any atom is -0.477 e. The second-order valence-electron chi connectivity index (χ2n) is 8.22. The summed E-state index contributed by atoms with van der Waals surface area (Å²) in [7, 11) is 0. The second kappa shape index (κ2) is 6.90. The van der Waals surface area contributed by atoms with Gasteiger partial charge in [-0.25, -0.2) is 4.79 Å². The van der Waals surface area contributed by atoms with E-state index in [0.717, 1.165) is 29.6 Å². The van der Waals surface area contributed by atoms with Gasteiger partial charge in [0.2, 0.25) is 5.43 Å². The Labute approximate surface area is 162 Å². The number of carboxylic acid groups (broad SMARTS) is 1. The van der Waals surface area contributed by atoms with Gasteiger partial charge in [-0.3, -0.25) is 4.79 Å². The lowest BCUT2D eigenvalue weighted by Gasteiger charge is -2.41. The molecule has 2 heterocycles. The van der Waals surface area contributed by atoms with Crippen molar-refractivity contribution in [2.45, 2.75) is 38.6 Å².